The number of aliphatic hydroxyl groups excluding tert-OH is 1. The van der Waals surface area contributed by atoms with Gasteiger partial charge in [0.1, 0.15) is 12.4 Å². The van der Waals surface area contributed by atoms with Gasteiger partial charge in [0, 0.05) is 19.5 Å². The summed E-state index contributed by atoms with van der Waals surface area (Å²) in [6, 6.07) is 8.02. The van der Waals surface area contributed by atoms with Crippen LogP contribution in [0.4, 0.5) is 0 Å². The molecule has 2 heterocycles. The van der Waals surface area contributed by atoms with Crippen LogP contribution in [0.3, 0.4) is 0 Å². The van der Waals surface area contributed by atoms with Gasteiger partial charge >= 0.3 is 0 Å². The number of aliphatic hydroxyl groups is 1. The summed E-state index contributed by atoms with van der Waals surface area (Å²) >= 11 is 0. The zero-order valence-corrected chi connectivity index (χ0v) is 13.5. The first-order valence-electron chi connectivity index (χ1n) is 8.25. The van der Waals surface area contributed by atoms with E-state index in [0.717, 1.165) is 23.9 Å². The standard InChI is InChI=1S/C18H23N3O2/c1-2-6-14-7-5-11-20(14)18(23)10-12-21-16-9-4-3-8-15(16)19-17(21)13-22/h3-5,7-9,14,22H,2,6,10-13H2,1H3/t14-/m1/s1. The van der Waals surface area contributed by atoms with Crippen LogP contribution in [-0.4, -0.2) is 38.1 Å². The van der Waals surface area contributed by atoms with Crippen molar-refractivity contribution in [3.8, 4) is 0 Å². The zero-order chi connectivity index (χ0) is 16.2. The van der Waals surface area contributed by atoms with E-state index in [-0.39, 0.29) is 18.6 Å². The summed E-state index contributed by atoms with van der Waals surface area (Å²) in [4.78, 5) is 18.9. The van der Waals surface area contributed by atoms with Crippen molar-refractivity contribution < 1.29 is 9.90 Å². The van der Waals surface area contributed by atoms with E-state index in [4.69, 9.17) is 0 Å². The van der Waals surface area contributed by atoms with E-state index in [9.17, 15) is 9.90 Å². The van der Waals surface area contributed by atoms with Crippen molar-refractivity contribution in [3.63, 3.8) is 0 Å². The Bertz CT molecular complexity index is 720. The van der Waals surface area contributed by atoms with Gasteiger partial charge in [-0.15, -0.1) is 0 Å². The number of hydrogen-bond acceptors (Lipinski definition) is 3. The molecule has 0 unspecified atom stereocenters. The largest absolute Gasteiger partial charge is 0.388 e. The number of para-hydroxylation sites is 2. The molecule has 0 saturated carbocycles. The highest BCUT2D eigenvalue weighted by atomic mass is 16.3. The van der Waals surface area contributed by atoms with Crippen molar-refractivity contribution in [1.82, 2.24) is 14.5 Å². The summed E-state index contributed by atoms with van der Waals surface area (Å²) in [6.45, 7) is 3.28. The summed E-state index contributed by atoms with van der Waals surface area (Å²) in [6.07, 6.45) is 6.71. The Balaban J connectivity index is 1.72. The lowest BCUT2D eigenvalue weighted by molar-refractivity contribution is -0.131. The molecule has 0 saturated heterocycles. The van der Waals surface area contributed by atoms with Crippen molar-refractivity contribution in [2.24, 2.45) is 0 Å². The van der Waals surface area contributed by atoms with Gasteiger partial charge in [-0.25, -0.2) is 4.98 Å². The first-order chi connectivity index (χ1) is 11.2. The Labute approximate surface area is 136 Å². The average Bonchev–Trinajstić information content (AvgIpc) is 3.17. The maximum absolute atomic E-state index is 12.6. The van der Waals surface area contributed by atoms with Crippen LogP contribution in [0.25, 0.3) is 11.0 Å². The van der Waals surface area contributed by atoms with Gasteiger partial charge in [-0.1, -0.05) is 37.6 Å². The first kappa shape index (κ1) is 15.7. The predicted octanol–water partition coefficient (Wildman–Crippen LogP) is 2.49. The number of imidazole rings is 1. The molecule has 5 nitrogen and oxygen atoms in total. The average molecular weight is 313 g/mol. The Morgan fingerprint density at radius 1 is 1.39 bits per heavy atom. The number of amides is 1. The third-order valence-electron chi connectivity index (χ3n) is 4.39. The highest BCUT2D eigenvalue weighted by Crippen LogP contribution is 2.19. The molecule has 1 amide bonds. The SMILES string of the molecule is CCC[C@@H]1C=CCN1C(=O)CCn1c(CO)nc2ccccc21. The molecule has 122 valence electrons. The molecule has 0 radical (unpaired) electrons. The Hall–Kier alpha value is -2.14. The molecule has 1 aromatic heterocycles. The smallest absolute Gasteiger partial charge is 0.225 e. The maximum Gasteiger partial charge on any atom is 0.225 e. The molecular weight excluding hydrogens is 290 g/mol. The van der Waals surface area contributed by atoms with Gasteiger partial charge in [0.05, 0.1) is 17.1 Å². The molecule has 1 aliphatic heterocycles. The van der Waals surface area contributed by atoms with Gasteiger partial charge in [0.15, 0.2) is 0 Å². The molecule has 1 N–H and O–H groups in total. The Morgan fingerprint density at radius 3 is 3.00 bits per heavy atom. The zero-order valence-electron chi connectivity index (χ0n) is 13.5. The van der Waals surface area contributed by atoms with Crippen LogP contribution >= 0.6 is 0 Å². The number of carbonyl (C=O) groups is 1. The van der Waals surface area contributed by atoms with Gasteiger partial charge in [0.25, 0.3) is 0 Å². The second kappa shape index (κ2) is 6.96. The van der Waals surface area contributed by atoms with Gasteiger partial charge in [-0.05, 0) is 18.6 Å². The lowest BCUT2D eigenvalue weighted by atomic mass is 10.1. The van der Waals surface area contributed by atoms with Crippen molar-refractivity contribution in [1.29, 1.82) is 0 Å². The Kier molecular flexibility index (Phi) is 4.76. The van der Waals surface area contributed by atoms with Crippen LogP contribution in [0.5, 0.6) is 0 Å². The predicted molar refractivity (Wildman–Crippen MR) is 89.8 cm³/mol. The van der Waals surface area contributed by atoms with Crippen LogP contribution in [0, 0.1) is 0 Å². The molecule has 0 spiro atoms. The fraction of sp³-hybridized carbons (Fsp3) is 0.444. The molecule has 5 heteroatoms. The number of hydrogen-bond donors (Lipinski definition) is 1. The molecule has 0 bridgehead atoms. The lowest BCUT2D eigenvalue weighted by Gasteiger charge is -2.24. The second-order valence-electron chi connectivity index (χ2n) is 5.91. The summed E-state index contributed by atoms with van der Waals surface area (Å²) in [5, 5.41) is 9.52. The number of aryl methyl sites for hydroxylation is 1. The minimum Gasteiger partial charge on any atom is -0.388 e. The second-order valence-corrected chi connectivity index (χ2v) is 5.91. The number of benzene rings is 1. The molecule has 1 atom stereocenters. The van der Waals surface area contributed by atoms with Crippen molar-refractivity contribution in [2.75, 3.05) is 6.54 Å². The number of nitrogens with zero attached hydrogens (tertiary/aromatic N) is 3. The molecule has 1 aliphatic rings. The molecule has 1 aromatic carbocycles. The van der Waals surface area contributed by atoms with Crippen LogP contribution < -0.4 is 0 Å². The van der Waals surface area contributed by atoms with Gasteiger partial charge in [0.2, 0.25) is 5.91 Å². The molecular formula is C18H23N3O2. The summed E-state index contributed by atoms with van der Waals surface area (Å²) in [7, 11) is 0. The van der Waals surface area contributed by atoms with E-state index >= 15 is 0 Å². The third-order valence-corrected chi connectivity index (χ3v) is 4.39. The topological polar surface area (TPSA) is 58.4 Å². The monoisotopic (exact) mass is 313 g/mol. The fourth-order valence-electron chi connectivity index (χ4n) is 3.25. The van der Waals surface area contributed by atoms with E-state index < -0.39 is 0 Å². The van der Waals surface area contributed by atoms with Gasteiger partial charge in [-0.2, -0.15) is 0 Å². The minimum atomic E-state index is -0.118. The number of aromatic nitrogens is 2. The van der Waals surface area contributed by atoms with Crippen molar-refractivity contribution in [2.45, 2.75) is 45.4 Å². The first-order valence-corrected chi connectivity index (χ1v) is 8.25. The molecule has 3 rings (SSSR count). The normalized spacial score (nSPS) is 17.3. The Morgan fingerprint density at radius 2 is 2.22 bits per heavy atom. The minimum absolute atomic E-state index is 0.118. The molecule has 23 heavy (non-hydrogen) atoms. The molecule has 0 aliphatic carbocycles. The highest BCUT2D eigenvalue weighted by Gasteiger charge is 2.23. The quantitative estimate of drug-likeness (QED) is 0.834. The number of fused-ring (bicyclic) bond motifs is 1. The van der Waals surface area contributed by atoms with E-state index in [2.05, 4.69) is 24.1 Å². The number of rotatable bonds is 6. The maximum atomic E-state index is 12.6. The van der Waals surface area contributed by atoms with Crippen molar-refractivity contribution >= 4 is 16.9 Å². The summed E-state index contributed by atoms with van der Waals surface area (Å²) < 4.78 is 1.95. The van der Waals surface area contributed by atoms with Crippen LogP contribution in [0.15, 0.2) is 36.4 Å². The van der Waals surface area contributed by atoms with E-state index in [0.29, 0.717) is 25.3 Å². The molecule has 2 aromatic rings. The highest BCUT2D eigenvalue weighted by molar-refractivity contribution is 5.79. The van der Waals surface area contributed by atoms with E-state index in [1.165, 1.54) is 0 Å². The summed E-state index contributed by atoms with van der Waals surface area (Å²) in [5.74, 6) is 0.777. The van der Waals surface area contributed by atoms with Crippen LogP contribution in [0.2, 0.25) is 0 Å². The fourth-order valence-corrected chi connectivity index (χ4v) is 3.25. The van der Waals surface area contributed by atoms with Gasteiger partial charge in [-0.3, -0.25) is 4.79 Å². The van der Waals surface area contributed by atoms with E-state index in [1.54, 1.807) is 0 Å². The van der Waals surface area contributed by atoms with Crippen LogP contribution in [0.1, 0.15) is 32.0 Å². The van der Waals surface area contributed by atoms with Crippen LogP contribution in [-0.2, 0) is 17.9 Å². The van der Waals surface area contributed by atoms with E-state index in [1.807, 2.05) is 33.7 Å². The van der Waals surface area contributed by atoms with Crippen molar-refractivity contribution in [3.05, 3.63) is 42.2 Å². The lowest BCUT2D eigenvalue weighted by Crippen LogP contribution is -2.36. The molecule has 0 fully saturated rings. The summed E-state index contributed by atoms with van der Waals surface area (Å²) in [5.41, 5.74) is 1.82. The van der Waals surface area contributed by atoms with Gasteiger partial charge < -0.3 is 14.6 Å². The number of carbonyl (C=O) groups excluding carboxylic acids is 1. The third kappa shape index (κ3) is 3.15.